The minimum atomic E-state index is -0.554. The van der Waals surface area contributed by atoms with Crippen molar-refractivity contribution in [2.45, 2.75) is 93.6 Å². The van der Waals surface area contributed by atoms with Crippen molar-refractivity contribution in [3.63, 3.8) is 0 Å². The number of amides is 2. The molecule has 2 saturated carbocycles. The van der Waals surface area contributed by atoms with Gasteiger partial charge < -0.3 is 10.2 Å². The molecule has 0 aromatic heterocycles. The third-order valence-corrected chi connectivity index (χ3v) is 16.2. The van der Waals surface area contributed by atoms with Crippen LogP contribution >= 0.6 is 15.8 Å². The molecule has 1 N–H and O–H groups in total. The summed E-state index contributed by atoms with van der Waals surface area (Å²) in [5, 5.41) is 6.12. The van der Waals surface area contributed by atoms with Gasteiger partial charge in [-0.05, 0) is 85.9 Å². The molecular formula is C36H46N2OP2. The molecule has 3 aliphatic rings. The Morgan fingerprint density at radius 2 is 1.15 bits per heavy atom. The number of rotatable bonds is 8. The average molecular weight is 585 g/mol. The summed E-state index contributed by atoms with van der Waals surface area (Å²) < 4.78 is 0. The Kier molecular flexibility index (Phi) is 10.1. The van der Waals surface area contributed by atoms with E-state index < -0.39 is 7.92 Å². The maximum Gasteiger partial charge on any atom is 0.322 e. The molecule has 1 aliphatic heterocycles. The van der Waals surface area contributed by atoms with Gasteiger partial charge in [-0.3, -0.25) is 0 Å². The lowest BCUT2D eigenvalue weighted by Crippen LogP contribution is -2.41. The number of nitrogens with one attached hydrogen (secondary N) is 1. The SMILES string of the molecule is O=C(Nc1ccccc1)N1CC(P(C2CCCCC2)C2CCCCC2)CC1CP(c1ccccc1)c1ccccc1. The zero-order valence-corrected chi connectivity index (χ0v) is 26.2. The Labute approximate surface area is 250 Å². The number of anilines is 1. The topological polar surface area (TPSA) is 32.3 Å². The first kappa shape index (κ1) is 28.9. The van der Waals surface area contributed by atoms with Gasteiger partial charge in [-0.1, -0.05) is 125 Å². The molecule has 1 heterocycles. The molecule has 3 nitrogen and oxygen atoms in total. The number of carbonyl (C=O) groups is 1. The third-order valence-electron chi connectivity index (χ3n) is 9.62. The first-order chi connectivity index (χ1) is 20.3. The molecule has 3 fully saturated rings. The van der Waals surface area contributed by atoms with Crippen molar-refractivity contribution in [1.29, 1.82) is 0 Å². The molecule has 1 saturated heterocycles. The summed E-state index contributed by atoms with van der Waals surface area (Å²) in [4.78, 5) is 16.3. The summed E-state index contributed by atoms with van der Waals surface area (Å²) in [6.45, 7) is 0.939. The number of likely N-dealkylation sites (tertiary alicyclic amines) is 1. The Hall–Kier alpha value is -2.21. The molecule has 5 heteroatoms. The average Bonchev–Trinajstić information content (AvgIpc) is 3.46. The van der Waals surface area contributed by atoms with Crippen LogP contribution in [0.2, 0.25) is 0 Å². The van der Waals surface area contributed by atoms with Crippen molar-refractivity contribution in [2.24, 2.45) is 0 Å². The smallest absolute Gasteiger partial charge is 0.321 e. The van der Waals surface area contributed by atoms with Crippen LogP contribution in [0.1, 0.15) is 70.6 Å². The molecule has 2 amide bonds. The van der Waals surface area contributed by atoms with Gasteiger partial charge in [-0.15, -0.1) is 0 Å². The number of carbonyl (C=O) groups excluding carboxylic acids is 1. The lowest BCUT2D eigenvalue weighted by Gasteiger charge is -2.42. The van der Waals surface area contributed by atoms with E-state index in [2.05, 4.69) is 70.9 Å². The van der Waals surface area contributed by atoms with Crippen molar-refractivity contribution >= 4 is 38.2 Å². The monoisotopic (exact) mass is 584 g/mol. The molecule has 2 aliphatic carbocycles. The fourth-order valence-electron chi connectivity index (χ4n) is 7.69. The van der Waals surface area contributed by atoms with Gasteiger partial charge in [0.25, 0.3) is 0 Å². The first-order valence-electron chi connectivity index (χ1n) is 16.0. The minimum Gasteiger partial charge on any atom is -0.321 e. The Morgan fingerprint density at radius 1 is 0.659 bits per heavy atom. The molecule has 6 rings (SSSR count). The van der Waals surface area contributed by atoms with Crippen molar-refractivity contribution in [3.8, 4) is 0 Å². The standard InChI is InChI=1S/C36H46N2OP2/c39-36(37-29-16-6-1-7-17-29)38-27-35(41(33-22-12-4-13-23-33)34-24-14-5-15-25-34)26-30(38)28-40(31-18-8-2-9-19-31)32-20-10-3-11-21-32/h1-3,6-11,16-21,30,33-35H,4-5,12-15,22-28H2,(H,37,39). The van der Waals surface area contributed by atoms with Crippen LogP contribution in [0.4, 0.5) is 10.5 Å². The molecule has 2 atom stereocenters. The largest absolute Gasteiger partial charge is 0.322 e. The highest BCUT2D eigenvalue weighted by Crippen LogP contribution is 2.61. The van der Waals surface area contributed by atoms with Crippen LogP contribution in [-0.2, 0) is 0 Å². The highest BCUT2D eigenvalue weighted by molar-refractivity contribution is 7.73. The fraction of sp³-hybridized carbons (Fsp3) is 0.472. The highest BCUT2D eigenvalue weighted by Gasteiger charge is 2.44. The van der Waals surface area contributed by atoms with Crippen LogP contribution in [0.15, 0.2) is 91.0 Å². The van der Waals surface area contributed by atoms with Crippen LogP contribution < -0.4 is 15.9 Å². The van der Waals surface area contributed by atoms with E-state index in [0.29, 0.717) is 5.66 Å². The maximum absolute atomic E-state index is 14.0. The molecule has 216 valence electrons. The van der Waals surface area contributed by atoms with E-state index in [1.54, 1.807) is 0 Å². The number of benzene rings is 3. The molecule has 0 spiro atoms. The van der Waals surface area contributed by atoms with Gasteiger partial charge in [0.1, 0.15) is 0 Å². The van der Waals surface area contributed by atoms with E-state index in [1.165, 1.54) is 81.2 Å². The molecule has 0 radical (unpaired) electrons. The van der Waals surface area contributed by atoms with Gasteiger partial charge in [0.05, 0.1) is 0 Å². The van der Waals surface area contributed by atoms with Gasteiger partial charge in [0, 0.05) is 18.3 Å². The molecule has 3 aromatic carbocycles. The fourth-order valence-corrected chi connectivity index (χ4v) is 14.8. The first-order valence-corrected chi connectivity index (χ1v) is 19.1. The van der Waals surface area contributed by atoms with E-state index in [0.717, 1.165) is 29.7 Å². The Morgan fingerprint density at radius 3 is 1.66 bits per heavy atom. The normalized spacial score (nSPS) is 22.3. The van der Waals surface area contributed by atoms with Crippen molar-refractivity contribution < 1.29 is 4.79 Å². The lowest BCUT2D eigenvalue weighted by atomic mass is 9.99. The van der Waals surface area contributed by atoms with E-state index >= 15 is 0 Å². The Balaban J connectivity index is 1.31. The number of urea groups is 1. The Bertz CT molecular complexity index is 1150. The summed E-state index contributed by atoms with van der Waals surface area (Å²) in [6.07, 6.45) is 16.4. The van der Waals surface area contributed by atoms with E-state index in [4.69, 9.17) is 0 Å². The number of hydrogen-bond acceptors (Lipinski definition) is 1. The van der Waals surface area contributed by atoms with Crippen LogP contribution in [0.5, 0.6) is 0 Å². The quantitative estimate of drug-likeness (QED) is 0.264. The summed E-state index contributed by atoms with van der Waals surface area (Å²) in [6, 6.07) is 32.6. The van der Waals surface area contributed by atoms with Crippen molar-refractivity contribution in [1.82, 2.24) is 4.90 Å². The second kappa shape index (κ2) is 14.3. The van der Waals surface area contributed by atoms with Gasteiger partial charge in [0.15, 0.2) is 0 Å². The highest BCUT2D eigenvalue weighted by atomic mass is 31.1. The van der Waals surface area contributed by atoms with Gasteiger partial charge in [-0.25, -0.2) is 4.79 Å². The second-order valence-corrected chi connectivity index (χ2v) is 17.6. The van der Waals surface area contributed by atoms with Crippen LogP contribution in [-0.4, -0.2) is 46.7 Å². The van der Waals surface area contributed by atoms with Crippen LogP contribution in [0.25, 0.3) is 0 Å². The summed E-state index contributed by atoms with van der Waals surface area (Å²) in [7, 11) is -0.638. The zero-order chi connectivity index (χ0) is 27.9. The van der Waals surface area contributed by atoms with Crippen molar-refractivity contribution in [3.05, 3.63) is 91.0 Å². The summed E-state index contributed by atoms with van der Waals surface area (Å²) >= 11 is 0. The molecule has 0 bridgehead atoms. The van der Waals surface area contributed by atoms with E-state index in [1.807, 2.05) is 30.3 Å². The number of hydrogen-bond donors (Lipinski definition) is 1. The van der Waals surface area contributed by atoms with Gasteiger partial charge >= 0.3 is 6.03 Å². The van der Waals surface area contributed by atoms with E-state index in [-0.39, 0.29) is 20.0 Å². The third kappa shape index (κ3) is 7.24. The lowest BCUT2D eigenvalue weighted by molar-refractivity contribution is 0.211. The maximum atomic E-state index is 14.0. The summed E-state index contributed by atoms with van der Waals surface area (Å²) in [5.74, 6) is 0. The molecule has 2 unspecified atom stereocenters. The molecule has 3 aromatic rings. The predicted octanol–water partition coefficient (Wildman–Crippen LogP) is 8.94. The van der Waals surface area contributed by atoms with Gasteiger partial charge in [0.2, 0.25) is 0 Å². The summed E-state index contributed by atoms with van der Waals surface area (Å²) in [5.41, 5.74) is 3.39. The van der Waals surface area contributed by atoms with E-state index in [9.17, 15) is 4.79 Å². The zero-order valence-electron chi connectivity index (χ0n) is 24.4. The second-order valence-electron chi connectivity index (χ2n) is 12.3. The molecular weight excluding hydrogens is 538 g/mol. The number of para-hydroxylation sites is 1. The van der Waals surface area contributed by atoms with Crippen LogP contribution in [0, 0.1) is 0 Å². The minimum absolute atomic E-state index is 0.0834. The molecule has 41 heavy (non-hydrogen) atoms. The predicted molar refractivity (Wildman–Crippen MR) is 179 cm³/mol. The number of nitrogens with zero attached hydrogens (tertiary/aromatic N) is 1. The van der Waals surface area contributed by atoms with Crippen LogP contribution in [0.3, 0.4) is 0 Å². The van der Waals surface area contributed by atoms with Gasteiger partial charge in [-0.2, -0.15) is 0 Å². The van der Waals surface area contributed by atoms with Crippen molar-refractivity contribution in [2.75, 3.05) is 18.0 Å².